The van der Waals surface area contributed by atoms with Crippen LogP contribution in [0.2, 0.25) is 0 Å². The first-order valence-corrected chi connectivity index (χ1v) is 26.2. The number of carbonyl (C=O) groups is 2. The number of ether oxygens (including phenoxy) is 3. The van der Waals surface area contributed by atoms with Gasteiger partial charge in [0.25, 0.3) is 0 Å². The van der Waals surface area contributed by atoms with Gasteiger partial charge < -0.3 is 14.2 Å². The molecule has 0 aromatic rings. The number of unbranched alkanes of at least 4 members (excludes halogenated alkanes) is 36. The highest BCUT2D eigenvalue weighted by Crippen LogP contribution is 2.16. The maximum absolute atomic E-state index is 12.7. The summed E-state index contributed by atoms with van der Waals surface area (Å²) in [5, 5.41) is 0. The smallest absolute Gasteiger partial charge is 0.306 e. The van der Waals surface area contributed by atoms with Gasteiger partial charge in [-0.15, -0.1) is 0 Å². The molecule has 0 saturated heterocycles. The molecule has 0 aliphatic carbocycles. The lowest BCUT2D eigenvalue weighted by atomic mass is 10.0. The average Bonchev–Trinajstić information content (AvgIpc) is 3.22. The highest BCUT2D eigenvalue weighted by atomic mass is 16.6. The lowest BCUT2D eigenvalue weighted by Gasteiger charge is -2.18. The van der Waals surface area contributed by atoms with E-state index < -0.39 is 6.10 Å². The molecule has 0 amide bonds. The van der Waals surface area contributed by atoms with Gasteiger partial charge >= 0.3 is 11.9 Å². The molecule has 0 aromatic carbocycles. The van der Waals surface area contributed by atoms with E-state index >= 15 is 0 Å². The standard InChI is InChI=1S/C53H102O5/c1-4-7-10-13-16-19-21-23-24-25-26-27-28-29-31-33-36-39-42-45-48-56-49-51(58-53(55)47-44-41-38-34-18-15-12-9-6-3)50-57-52(54)46-43-40-37-35-32-30-22-20-17-14-11-8-5-2/h23-24,51H,4-22,25-50H2,1-3H3/b24-23-. The largest absolute Gasteiger partial charge is 0.462 e. The van der Waals surface area contributed by atoms with Crippen molar-refractivity contribution in [1.29, 1.82) is 0 Å². The van der Waals surface area contributed by atoms with Crippen molar-refractivity contribution in [2.24, 2.45) is 0 Å². The molecule has 344 valence electrons. The number of esters is 2. The predicted octanol–water partition coefficient (Wildman–Crippen LogP) is 17.5. The van der Waals surface area contributed by atoms with Gasteiger partial charge in [-0.2, -0.15) is 0 Å². The molecule has 0 aliphatic heterocycles. The third-order valence-electron chi connectivity index (χ3n) is 11.8. The van der Waals surface area contributed by atoms with Gasteiger partial charge in [0, 0.05) is 19.4 Å². The Morgan fingerprint density at radius 2 is 0.672 bits per heavy atom. The summed E-state index contributed by atoms with van der Waals surface area (Å²) in [4.78, 5) is 25.3. The highest BCUT2D eigenvalue weighted by molar-refractivity contribution is 5.70. The second-order valence-electron chi connectivity index (χ2n) is 17.8. The molecule has 0 bridgehead atoms. The molecule has 0 N–H and O–H groups in total. The van der Waals surface area contributed by atoms with Gasteiger partial charge in [0.1, 0.15) is 6.61 Å². The Morgan fingerprint density at radius 3 is 1.05 bits per heavy atom. The summed E-state index contributed by atoms with van der Waals surface area (Å²) in [6, 6.07) is 0. The van der Waals surface area contributed by atoms with Crippen molar-refractivity contribution < 1.29 is 23.8 Å². The van der Waals surface area contributed by atoms with Gasteiger partial charge in [0.2, 0.25) is 0 Å². The lowest BCUT2D eigenvalue weighted by molar-refractivity contribution is -0.163. The van der Waals surface area contributed by atoms with E-state index in [0.717, 1.165) is 32.1 Å². The van der Waals surface area contributed by atoms with Crippen LogP contribution in [0.15, 0.2) is 12.2 Å². The number of rotatable bonds is 49. The fourth-order valence-corrected chi connectivity index (χ4v) is 7.86. The SMILES string of the molecule is CCCCCCCC/C=C\CCCCCCCCCCCCOCC(COC(=O)CCCCCCCCCCCCCCC)OC(=O)CCCCCCCCCCC. The van der Waals surface area contributed by atoms with Crippen LogP contribution in [0.3, 0.4) is 0 Å². The van der Waals surface area contributed by atoms with Crippen LogP contribution >= 0.6 is 0 Å². The zero-order chi connectivity index (χ0) is 42.1. The Kier molecular flexibility index (Phi) is 48.8. The molecule has 58 heavy (non-hydrogen) atoms. The van der Waals surface area contributed by atoms with Crippen LogP contribution in [0.4, 0.5) is 0 Å². The Bertz CT molecular complexity index is 840. The van der Waals surface area contributed by atoms with Crippen LogP contribution in [-0.4, -0.2) is 37.9 Å². The zero-order valence-electron chi connectivity index (χ0n) is 39.6. The van der Waals surface area contributed by atoms with Crippen molar-refractivity contribution in [2.75, 3.05) is 19.8 Å². The van der Waals surface area contributed by atoms with Crippen LogP contribution < -0.4 is 0 Å². The van der Waals surface area contributed by atoms with Gasteiger partial charge in [0.15, 0.2) is 6.10 Å². The minimum absolute atomic E-state index is 0.0940. The first-order valence-electron chi connectivity index (χ1n) is 26.2. The fourth-order valence-electron chi connectivity index (χ4n) is 7.86. The van der Waals surface area contributed by atoms with E-state index in [2.05, 4.69) is 32.9 Å². The molecule has 5 nitrogen and oxygen atoms in total. The van der Waals surface area contributed by atoms with Gasteiger partial charge in [-0.25, -0.2) is 0 Å². The van der Waals surface area contributed by atoms with Crippen LogP contribution in [0.25, 0.3) is 0 Å². The van der Waals surface area contributed by atoms with Crippen molar-refractivity contribution in [3.63, 3.8) is 0 Å². The molecule has 0 saturated carbocycles. The Hall–Kier alpha value is -1.36. The monoisotopic (exact) mass is 819 g/mol. The Balaban J connectivity index is 4.10. The van der Waals surface area contributed by atoms with Crippen molar-refractivity contribution in [2.45, 2.75) is 297 Å². The molecule has 0 heterocycles. The minimum atomic E-state index is -0.525. The van der Waals surface area contributed by atoms with Crippen molar-refractivity contribution >= 4 is 11.9 Å². The molecule has 0 spiro atoms. The number of hydrogen-bond acceptors (Lipinski definition) is 5. The van der Waals surface area contributed by atoms with Crippen LogP contribution in [-0.2, 0) is 23.8 Å². The normalized spacial score (nSPS) is 12.1. The number of carbonyl (C=O) groups excluding carboxylic acids is 2. The van der Waals surface area contributed by atoms with E-state index in [9.17, 15) is 9.59 Å². The topological polar surface area (TPSA) is 61.8 Å². The van der Waals surface area contributed by atoms with Crippen molar-refractivity contribution in [3.05, 3.63) is 12.2 Å². The Morgan fingerprint density at radius 1 is 0.362 bits per heavy atom. The van der Waals surface area contributed by atoms with E-state index in [1.54, 1.807) is 0 Å². The second-order valence-corrected chi connectivity index (χ2v) is 17.8. The maximum Gasteiger partial charge on any atom is 0.306 e. The summed E-state index contributed by atoms with van der Waals surface area (Å²) >= 11 is 0. The van der Waals surface area contributed by atoms with Gasteiger partial charge in [-0.05, 0) is 44.9 Å². The van der Waals surface area contributed by atoms with Gasteiger partial charge in [-0.1, -0.05) is 245 Å². The number of allylic oxidation sites excluding steroid dienone is 2. The molecule has 0 radical (unpaired) electrons. The molecule has 0 aliphatic rings. The molecular formula is C53H102O5. The van der Waals surface area contributed by atoms with E-state index in [1.807, 2.05) is 0 Å². The van der Waals surface area contributed by atoms with E-state index in [0.29, 0.717) is 26.1 Å². The number of hydrogen-bond donors (Lipinski definition) is 0. The molecule has 5 heteroatoms. The van der Waals surface area contributed by atoms with Gasteiger partial charge in [-0.3, -0.25) is 9.59 Å². The first kappa shape index (κ1) is 56.6. The highest BCUT2D eigenvalue weighted by Gasteiger charge is 2.17. The molecule has 1 unspecified atom stereocenters. The third-order valence-corrected chi connectivity index (χ3v) is 11.8. The molecular weight excluding hydrogens is 717 g/mol. The zero-order valence-corrected chi connectivity index (χ0v) is 39.6. The first-order chi connectivity index (χ1) is 28.6. The summed E-state index contributed by atoms with van der Waals surface area (Å²) in [5.41, 5.74) is 0. The van der Waals surface area contributed by atoms with Crippen LogP contribution in [0, 0.1) is 0 Å². The van der Waals surface area contributed by atoms with E-state index in [4.69, 9.17) is 14.2 Å². The molecule has 0 fully saturated rings. The molecule has 0 aromatic heterocycles. The van der Waals surface area contributed by atoms with Crippen molar-refractivity contribution in [1.82, 2.24) is 0 Å². The summed E-state index contributed by atoms with van der Waals surface area (Å²) in [7, 11) is 0. The fraction of sp³-hybridized carbons (Fsp3) is 0.925. The predicted molar refractivity (Wildman–Crippen MR) is 252 cm³/mol. The summed E-state index contributed by atoms with van der Waals surface area (Å²) in [6.07, 6.45) is 56.5. The second kappa shape index (κ2) is 50.0. The molecule has 0 rings (SSSR count). The van der Waals surface area contributed by atoms with E-state index in [1.165, 1.54) is 225 Å². The summed E-state index contributed by atoms with van der Waals surface area (Å²) in [5.74, 6) is -0.381. The molecule has 1 atom stereocenters. The van der Waals surface area contributed by atoms with Gasteiger partial charge in [0.05, 0.1) is 6.61 Å². The van der Waals surface area contributed by atoms with Crippen molar-refractivity contribution in [3.8, 4) is 0 Å². The summed E-state index contributed by atoms with van der Waals surface area (Å²) in [6.45, 7) is 7.86. The minimum Gasteiger partial charge on any atom is -0.462 e. The Labute approximate surface area is 363 Å². The van der Waals surface area contributed by atoms with Crippen LogP contribution in [0.1, 0.15) is 290 Å². The third kappa shape index (κ3) is 47.3. The summed E-state index contributed by atoms with van der Waals surface area (Å²) < 4.78 is 17.4. The maximum atomic E-state index is 12.7. The average molecular weight is 819 g/mol. The van der Waals surface area contributed by atoms with Crippen LogP contribution in [0.5, 0.6) is 0 Å². The lowest BCUT2D eigenvalue weighted by Crippen LogP contribution is -2.30. The quantitative estimate of drug-likeness (QED) is 0.0348. The van der Waals surface area contributed by atoms with E-state index in [-0.39, 0.29) is 18.5 Å².